The van der Waals surface area contributed by atoms with E-state index in [9.17, 15) is 4.79 Å². The molecule has 88 valence electrons. The molecular weight excluding hydrogens is 347 g/mol. The first-order valence-electron chi connectivity index (χ1n) is 5.08. The molecule has 0 bridgehead atoms. The van der Waals surface area contributed by atoms with Gasteiger partial charge >= 0.3 is 0 Å². The van der Waals surface area contributed by atoms with Crippen LogP contribution >= 0.6 is 34.1 Å². The number of ketones is 1. The Hall–Kier alpha value is -0.950. The average molecular weight is 358 g/mol. The molecule has 0 radical (unpaired) electrons. The molecule has 5 heteroatoms. The van der Waals surface area contributed by atoms with Crippen LogP contribution in [-0.2, 0) is 0 Å². The number of hydrogen-bond donors (Lipinski definition) is 1. The fourth-order valence-corrected chi connectivity index (χ4v) is 2.93. The molecule has 0 unspecified atom stereocenters. The summed E-state index contributed by atoms with van der Waals surface area (Å²) in [5.41, 5.74) is 2.48. The lowest BCUT2D eigenvalue weighted by molar-refractivity contribution is 0.101. The fourth-order valence-electron chi connectivity index (χ4n) is 1.55. The summed E-state index contributed by atoms with van der Waals surface area (Å²) in [6.45, 7) is 3.42. The SMILES string of the molecule is CC(=O)c1c(C)nsc1Nc1ccccc1I. The summed E-state index contributed by atoms with van der Waals surface area (Å²) >= 11 is 3.58. The summed E-state index contributed by atoms with van der Waals surface area (Å²) in [6.07, 6.45) is 0. The molecule has 0 atom stereocenters. The van der Waals surface area contributed by atoms with Crippen LogP contribution in [0.3, 0.4) is 0 Å². The second kappa shape index (κ2) is 5.14. The van der Waals surface area contributed by atoms with E-state index in [1.807, 2.05) is 31.2 Å². The molecule has 3 nitrogen and oxygen atoms in total. The Balaban J connectivity index is 2.37. The minimum Gasteiger partial charge on any atom is -0.344 e. The third kappa shape index (κ3) is 2.66. The summed E-state index contributed by atoms with van der Waals surface area (Å²) in [7, 11) is 0. The van der Waals surface area contributed by atoms with Gasteiger partial charge in [-0.25, -0.2) is 0 Å². The van der Waals surface area contributed by atoms with E-state index in [1.54, 1.807) is 6.92 Å². The molecule has 0 aliphatic carbocycles. The van der Waals surface area contributed by atoms with Gasteiger partial charge in [0.2, 0.25) is 0 Å². The third-order valence-electron chi connectivity index (χ3n) is 2.34. The largest absolute Gasteiger partial charge is 0.344 e. The number of rotatable bonds is 3. The van der Waals surface area contributed by atoms with Gasteiger partial charge < -0.3 is 5.32 Å². The minimum atomic E-state index is 0.0460. The summed E-state index contributed by atoms with van der Waals surface area (Å²) in [6, 6.07) is 7.95. The highest BCUT2D eigenvalue weighted by Gasteiger charge is 2.15. The van der Waals surface area contributed by atoms with Gasteiger partial charge in [-0.05, 0) is 60.1 Å². The third-order valence-corrected chi connectivity index (χ3v) is 4.13. The van der Waals surface area contributed by atoms with Crippen LogP contribution in [0, 0.1) is 10.5 Å². The number of hydrogen-bond acceptors (Lipinski definition) is 4. The number of benzene rings is 1. The van der Waals surface area contributed by atoms with Gasteiger partial charge in [-0.1, -0.05) is 12.1 Å². The van der Waals surface area contributed by atoms with Crippen molar-refractivity contribution in [3.05, 3.63) is 39.1 Å². The second-order valence-electron chi connectivity index (χ2n) is 3.63. The molecule has 0 saturated heterocycles. The Morgan fingerprint density at radius 3 is 2.76 bits per heavy atom. The topological polar surface area (TPSA) is 42.0 Å². The zero-order valence-electron chi connectivity index (χ0n) is 9.45. The average Bonchev–Trinajstić information content (AvgIpc) is 2.63. The summed E-state index contributed by atoms with van der Waals surface area (Å²) < 4.78 is 5.34. The molecule has 1 heterocycles. The lowest BCUT2D eigenvalue weighted by Crippen LogP contribution is -1.99. The maximum absolute atomic E-state index is 11.5. The lowest BCUT2D eigenvalue weighted by Gasteiger charge is -2.07. The Labute approximate surface area is 118 Å². The van der Waals surface area contributed by atoms with Gasteiger partial charge in [0.15, 0.2) is 5.78 Å². The van der Waals surface area contributed by atoms with Crippen LogP contribution in [0.2, 0.25) is 0 Å². The Kier molecular flexibility index (Phi) is 3.78. The molecule has 0 amide bonds. The highest BCUT2D eigenvalue weighted by atomic mass is 127. The predicted molar refractivity (Wildman–Crippen MR) is 79.3 cm³/mol. The zero-order chi connectivity index (χ0) is 12.4. The van der Waals surface area contributed by atoms with E-state index < -0.39 is 0 Å². The van der Waals surface area contributed by atoms with Crippen molar-refractivity contribution in [2.45, 2.75) is 13.8 Å². The van der Waals surface area contributed by atoms with E-state index in [0.29, 0.717) is 5.56 Å². The van der Waals surface area contributed by atoms with E-state index in [-0.39, 0.29) is 5.78 Å². The number of halogens is 1. The quantitative estimate of drug-likeness (QED) is 0.666. The van der Waals surface area contributed by atoms with Crippen LogP contribution in [0.25, 0.3) is 0 Å². The van der Waals surface area contributed by atoms with Crippen LogP contribution in [0.4, 0.5) is 10.7 Å². The first kappa shape index (κ1) is 12.5. The van der Waals surface area contributed by atoms with Gasteiger partial charge in [-0.2, -0.15) is 4.37 Å². The molecule has 0 aliphatic rings. The first-order valence-corrected chi connectivity index (χ1v) is 6.93. The van der Waals surface area contributed by atoms with Crippen molar-refractivity contribution in [3.8, 4) is 0 Å². The molecule has 2 rings (SSSR count). The molecule has 17 heavy (non-hydrogen) atoms. The van der Waals surface area contributed by atoms with Crippen molar-refractivity contribution in [2.24, 2.45) is 0 Å². The van der Waals surface area contributed by atoms with Crippen LogP contribution in [0.1, 0.15) is 23.0 Å². The van der Waals surface area contributed by atoms with Gasteiger partial charge in [0.1, 0.15) is 5.00 Å². The van der Waals surface area contributed by atoms with Crippen LogP contribution < -0.4 is 5.32 Å². The highest BCUT2D eigenvalue weighted by Crippen LogP contribution is 2.30. The Morgan fingerprint density at radius 1 is 1.41 bits per heavy atom. The van der Waals surface area contributed by atoms with Crippen LogP contribution in [-0.4, -0.2) is 10.2 Å². The number of carbonyl (C=O) groups is 1. The van der Waals surface area contributed by atoms with Gasteiger partial charge in [-0.3, -0.25) is 4.79 Å². The maximum Gasteiger partial charge on any atom is 0.164 e. The standard InChI is InChI=1S/C12H11IN2OS/c1-7-11(8(2)16)12(17-15-7)14-10-6-4-3-5-9(10)13/h3-6,14H,1-2H3. The molecule has 0 aliphatic heterocycles. The molecule has 1 N–H and O–H groups in total. The molecule has 1 aromatic heterocycles. The van der Waals surface area contributed by atoms with E-state index in [2.05, 4.69) is 32.3 Å². The summed E-state index contributed by atoms with van der Waals surface area (Å²) in [4.78, 5) is 11.5. The van der Waals surface area contributed by atoms with Gasteiger partial charge in [0.25, 0.3) is 0 Å². The smallest absolute Gasteiger partial charge is 0.164 e. The van der Waals surface area contributed by atoms with E-state index >= 15 is 0 Å². The van der Waals surface area contributed by atoms with Crippen LogP contribution in [0.15, 0.2) is 24.3 Å². The number of aromatic nitrogens is 1. The van der Waals surface area contributed by atoms with E-state index in [0.717, 1.165) is 20.0 Å². The van der Waals surface area contributed by atoms with Crippen molar-refractivity contribution >= 4 is 50.6 Å². The van der Waals surface area contributed by atoms with Crippen molar-refractivity contribution in [1.82, 2.24) is 4.37 Å². The van der Waals surface area contributed by atoms with Crippen LogP contribution in [0.5, 0.6) is 0 Å². The number of Topliss-reactive ketones (excluding diaryl/α,β-unsaturated/α-hetero) is 1. The monoisotopic (exact) mass is 358 g/mol. The van der Waals surface area contributed by atoms with Gasteiger partial charge in [-0.15, -0.1) is 0 Å². The zero-order valence-corrected chi connectivity index (χ0v) is 12.4. The summed E-state index contributed by atoms with van der Waals surface area (Å²) in [5, 5.41) is 4.09. The molecule has 1 aromatic carbocycles. The molecular formula is C12H11IN2OS. The number of carbonyl (C=O) groups excluding carboxylic acids is 1. The minimum absolute atomic E-state index is 0.0460. The number of anilines is 2. The molecule has 2 aromatic rings. The van der Waals surface area contributed by atoms with E-state index in [1.165, 1.54) is 11.5 Å². The van der Waals surface area contributed by atoms with E-state index in [4.69, 9.17) is 0 Å². The molecule has 0 fully saturated rings. The number of para-hydroxylation sites is 1. The Bertz CT molecular complexity index is 565. The van der Waals surface area contributed by atoms with Crippen molar-refractivity contribution in [2.75, 3.05) is 5.32 Å². The number of aryl methyl sites for hydroxylation is 1. The fraction of sp³-hybridized carbons (Fsp3) is 0.167. The maximum atomic E-state index is 11.5. The molecule has 0 saturated carbocycles. The predicted octanol–water partition coefficient (Wildman–Crippen LogP) is 4.00. The first-order chi connectivity index (χ1) is 8.09. The molecule has 0 spiro atoms. The number of nitrogens with one attached hydrogen (secondary N) is 1. The lowest BCUT2D eigenvalue weighted by atomic mass is 10.2. The van der Waals surface area contributed by atoms with Crippen molar-refractivity contribution in [3.63, 3.8) is 0 Å². The van der Waals surface area contributed by atoms with Gasteiger partial charge in [0, 0.05) is 3.57 Å². The number of nitrogens with zero attached hydrogens (tertiary/aromatic N) is 1. The van der Waals surface area contributed by atoms with Gasteiger partial charge in [0.05, 0.1) is 16.9 Å². The van der Waals surface area contributed by atoms with Crippen molar-refractivity contribution in [1.29, 1.82) is 0 Å². The summed E-state index contributed by atoms with van der Waals surface area (Å²) in [5.74, 6) is 0.0460. The Morgan fingerprint density at radius 2 is 2.12 bits per heavy atom. The normalized spacial score (nSPS) is 10.3. The second-order valence-corrected chi connectivity index (χ2v) is 5.57. The highest BCUT2D eigenvalue weighted by molar-refractivity contribution is 14.1. The van der Waals surface area contributed by atoms with Crippen molar-refractivity contribution < 1.29 is 4.79 Å².